The summed E-state index contributed by atoms with van der Waals surface area (Å²) < 4.78 is 5.38. The van der Waals surface area contributed by atoms with Gasteiger partial charge in [0.1, 0.15) is 5.60 Å². The van der Waals surface area contributed by atoms with Crippen LogP contribution in [-0.2, 0) is 11.3 Å². The normalized spacial score (nSPS) is 16.0. The summed E-state index contributed by atoms with van der Waals surface area (Å²) in [5, 5.41) is 14.2. The number of nitrogens with zero attached hydrogens (tertiary/aromatic N) is 2. The average Bonchev–Trinajstić information content (AvgIpc) is 2.52. The number of carbonyl (C=O) groups is 1. The fraction of sp³-hybridized carbons (Fsp3) is 0.588. The van der Waals surface area contributed by atoms with Crippen LogP contribution in [0.3, 0.4) is 0 Å². The van der Waals surface area contributed by atoms with Crippen molar-refractivity contribution in [1.29, 1.82) is 0 Å². The molecule has 1 heterocycles. The fourth-order valence-electron chi connectivity index (χ4n) is 2.63. The van der Waals surface area contributed by atoms with Gasteiger partial charge < -0.3 is 15.0 Å². The number of likely N-dealkylation sites (tertiary alicyclic amines) is 1. The first kappa shape index (κ1) is 18.2. The summed E-state index contributed by atoms with van der Waals surface area (Å²) in [5.41, 5.74) is 0.515. The van der Waals surface area contributed by atoms with Crippen molar-refractivity contribution in [3.8, 4) is 0 Å². The number of rotatable bonds is 4. The molecule has 132 valence electrons. The van der Waals surface area contributed by atoms with Crippen molar-refractivity contribution >= 4 is 11.8 Å². The van der Waals surface area contributed by atoms with E-state index < -0.39 is 5.60 Å². The van der Waals surface area contributed by atoms with Crippen LogP contribution in [0.15, 0.2) is 24.3 Å². The van der Waals surface area contributed by atoms with Crippen LogP contribution in [0.2, 0.25) is 0 Å². The molecule has 1 saturated heterocycles. The highest BCUT2D eigenvalue weighted by atomic mass is 16.6. The lowest BCUT2D eigenvalue weighted by Gasteiger charge is -2.33. The van der Waals surface area contributed by atoms with Gasteiger partial charge in [-0.15, -0.1) is 0 Å². The summed E-state index contributed by atoms with van der Waals surface area (Å²) in [7, 11) is 0. The number of carbonyl (C=O) groups excluding carboxylic acids is 1. The van der Waals surface area contributed by atoms with Crippen LogP contribution in [0.5, 0.6) is 0 Å². The molecular weight excluding hydrogens is 310 g/mol. The smallest absolute Gasteiger partial charge is 0.410 e. The summed E-state index contributed by atoms with van der Waals surface area (Å²) in [5.74, 6) is 0. The minimum atomic E-state index is -0.478. The Kier molecular flexibility index (Phi) is 5.77. The number of nitro benzene ring substituents is 1. The molecule has 7 nitrogen and oxygen atoms in total. The summed E-state index contributed by atoms with van der Waals surface area (Å²) >= 11 is 0. The molecule has 0 bridgehead atoms. The van der Waals surface area contributed by atoms with E-state index >= 15 is 0 Å². The Morgan fingerprint density at radius 3 is 2.62 bits per heavy atom. The van der Waals surface area contributed by atoms with Crippen LogP contribution >= 0.6 is 0 Å². The molecule has 0 radical (unpaired) electrons. The van der Waals surface area contributed by atoms with Gasteiger partial charge in [-0.3, -0.25) is 10.1 Å². The largest absolute Gasteiger partial charge is 0.444 e. The van der Waals surface area contributed by atoms with Gasteiger partial charge in [0, 0.05) is 37.8 Å². The van der Waals surface area contributed by atoms with Gasteiger partial charge in [0.25, 0.3) is 5.69 Å². The molecule has 0 saturated carbocycles. The second-order valence-electron chi connectivity index (χ2n) is 7.05. The third kappa shape index (κ3) is 5.49. The Morgan fingerprint density at radius 2 is 2.04 bits per heavy atom. The monoisotopic (exact) mass is 335 g/mol. The third-order valence-electron chi connectivity index (χ3n) is 3.86. The van der Waals surface area contributed by atoms with Gasteiger partial charge in [0.2, 0.25) is 0 Å². The van der Waals surface area contributed by atoms with Crippen LogP contribution < -0.4 is 5.32 Å². The van der Waals surface area contributed by atoms with Crippen LogP contribution in [0, 0.1) is 10.1 Å². The maximum atomic E-state index is 12.0. The van der Waals surface area contributed by atoms with Crippen molar-refractivity contribution in [2.75, 3.05) is 13.1 Å². The Labute approximate surface area is 142 Å². The fourth-order valence-corrected chi connectivity index (χ4v) is 2.63. The predicted octanol–water partition coefficient (Wildman–Crippen LogP) is 3.08. The Bertz CT molecular complexity index is 590. The lowest BCUT2D eigenvalue weighted by Crippen LogP contribution is -2.46. The average molecular weight is 335 g/mol. The number of hydrogen-bond donors (Lipinski definition) is 1. The molecule has 0 aliphatic carbocycles. The molecule has 1 N–H and O–H groups in total. The minimum Gasteiger partial charge on any atom is -0.444 e. The lowest BCUT2D eigenvalue weighted by atomic mass is 10.0. The van der Waals surface area contributed by atoms with Gasteiger partial charge in [-0.05, 0) is 39.2 Å². The number of benzene rings is 1. The van der Waals surface area contributed by atoms with E-state index in [2.05, 4.69) is 5.32 Å². The molecule has 0 atom stereocenters. The molecule has 0 aromatic heterocycles. The maximum Gasteiger partial charge on any atom is 0.410 e. The van der Waals surface area contributed by atoms with E-state index in [1.807, 2.05) is 26.8 Å². The van der Waals surface area contributed by atoms with Gasteiger partial charge in [-0.2, -0.15) is 0 Å². The quantitative estimate of drug-likeness (QED) is 0.675. The zero-order valence-corrected chi connectivity index (χ0v) is 14.4. The van der Waals surface area contributed by atoms with Crippen LogP contribution in [-0.4, -0.2) is 40.6 Å². The van der Waals surface area contributed by atoms with Gasteiger partial charge in [0.05, 0.1) is 4.92 Å². The molecule has 1 fully saturated rings. The first-order valence-corrected chi connectivity index (χ1v) is 8.19. The van der Waals surface area contributed by atoms with E-state index in [-0.39, 0.29) is 16.7 Å². The Morgan fingerprint density at radius 1 is 1.38 bits per heavy atom. The first-order chi connectivity index (χ1) is 11.2. The number of nitro groups is 1. The second-order valence-corrected chi connectivity index (χ2v) is 7.05. The van der Waals surface area contributed by atoms with Crippen molar-refractivity contribution < 1.29 is 14.5 Å². The predicted molar refractivity (Wildman–Crippen MR) is 90.8 cm³/mol. The number of hydrogen-bond acceptors (Lipinski definition) is 5. The van der Waals surface area contributed by atoms with E-state index in [1.54, 1.807) is 17.0 Å². The second kappa shape index (κ2) is 7.61. The van der Waals surface area contributed by atoms with Crippen LogP contribution in [0.25, 0.3) is 0 Å². The first-order valence-electron chi connectivity index (χ1n) is 8.19. The zero-order chi connectivity index (χ0) is 17.7. The van der Waals surface area contributed by atoms with Crippen molar-refractivity contribution in [2.24, 2.45) is 0 Å². The molecular formula is C17H25N3O4. The molecule has 1 aromatic rings. The maximum absolute atomic E-state index is 12.0. The van der Waals surface area contributed by atoms with E-state index in [0.717, 1.165) is 18.4 Å². The van der Waals surface area contributed by atoms with E-state index in [9.17, 15) is 14.9 Å². The lowest BCUT2D eigenvalue weighted by molar-refractivity contribution is -0.384. The molecule has 1 aliphatic heterocycles. The number of ether oxygens (including phenoxy) is 1. The van der Waals surface area contributed by atoms with Gasteiger partial charge >= 0.3 is 6.09 Å². The van der Waals surface area contributed by atoms with E-state index in [1.165, 1.54) is 6.07 Å². The van der Waals surface area contributed by atoms with Crippen molar-refractivity contribution in [3.63, 3.8) is 0 Å². The van der Waals surface area contributed by atoms with Crippen molar-refractivity contribution in [3.05, 3.63) is 39.9 Å². The Balaban J connectivity index is 1.78. The number of non-ortho nitro benzene ring substituents is 1. The molecule has 24 heavy (non-hydrogen) atoms. The van der Waals surface area contributed by atoms with E-state index in [0.29, 0.717) is 25.7 Å². The Hall–Kier alpha value is -2.15. The highest BCUT2D eigenvalue weighted by Gasteiger charge is 2.26. The van der Waals surface area contributed by atoms with Crippen LogP contribution in [0.1, 0.15) is 39.2 Å². The van der Waals surface area contributed by atoms with Crippen LogP contribution in [0.4, 0.5) is 10.5 Å². The number of piperidine rings is 1. The summed E-state index contributed by atoms with van der Waals surface area (Å²) in [6.07, 6.45) is 1.42. The zero-order valence-electron chi connectivity index (χ0n) is 14.4. The standard InChI is InChI=1S/C17H25N3O4/c1-17(2,3)24-16(21)19-9-7-14(8-10-19)18-12-13-5-4-6-15(11-13)20(22)23/h4-6,11,14,18H,7-10,12H2,1-3H3. The number of nitrogens with one attached hydrogen (secondary N) is 1. The van der Waals surface area contributed by atoms with Crippen molar-refractivity contribution in [2.45, 2.75) is 51.8 Å². The molecule has 7 heteroatoms. The third-order valence-corrected chi connectivity index (χ3v) is 3.86. The molecule has 0 spiro atoms. The SMILES string of the molecule is CC(C)(C)OC(=O)N1CCC(NCc2cccc([N+](=O)[O-])c2)CC1. The topological polar surface area (TPSA) is 84.7 Å². The summed E-state index contributed by atoms with van der Waals surface area (Å²) in [6.45, 7) is 7.47. The molecule has 0 unspecified atom stereocenters. The summed E-state index contributed by atoms with van der Waals surface area (Å²) in [4.78, 5) is 24.2. The number of amides is 1. The summed E-state index contributed by atoms with van der Waals surface area (Å²) in [6, 6.07) is 6.94. The highest BCUT2D eigenvalue weighted by molar-refractivity contribution is 5.68. The van der Waals surface area contributed by atoms with Crippen molar-refractivity contribution in [1.82, 2.24) is 10.2 Å². The minimum absolute atomic E-state index is 0.106. The molecule has 1 amide bonds. The van der Waals surface area contributed by atoms with Gasteiger partial charge in [-0.1, -0.05) is 12.1 Å². The van der Waals surface area contributed by atoms with E-state index in [4.69, 9.17) is 4.74 Å². The highest BCUT2D eigenvalue weighted by Crippen LogP contribution is 2.17. The molecule has 2 rings (SSSR count). The van der Waals surface area contributed by atoms with Gasteiger partial charge in [0.15, 0.2) is 0 Å². The van der Waals surface area contributed by atoms with Gasteiger partial charge in [-0.25, -0.2) is 4.79 Å². The molecule has 1 aromatic carbocycles. The molecule has 1 aliphatic rings.